The number of guanidine groups is 1. The molecule has 24 heavy (non-hydrogen) atoms. The molecule has 2 N–H and O–H groups in total. The number of aromatic nitrogens is 3. The predicted molar refractivity (Wildman–Crippen MR) is 109 cm³/mol. The third-order valence-electron chi connectivity index (χ3n) is 3.34. The van der Waals surface area contributed by atoms with Crippen molar-refractivity contribution in [2.45, 2.75) is 20.0 Å². The lowest BCUT2D eigenvalue weighted by Gasteiger charge is -2.11. The lowest BCUT2D eigenvalue weighted by atomic mass is 10.2. The van der Waals surface area contributed by atoms with Gasteiger partial charge < -0.3 is 15.2 Å². The highest BCUT2D eigenvalue weighted by atomic mass is 127. The molecule has 130 valence electrons. The zero-order valence-electron chi connectivity index (χ0n) is 13.8. The van der Waals surface area contributed by atoms with Crippen molar-refractivity contribution in [3.8, 4) is 0 Å². The predicted octanol–water partition coefficient (Wildman–Crippen LogP) is 2.82. The Morgan fingerprint density at radius 2 is 2.00 bits per heavy atom. The van der Waals surface area contributed by atoms with E-state index >= 15 is 0 Å². The lowest BCUT2D eigenvalue weighted by Crippen LogP contribution is -2.37. The fourth-order valence-electron chi connectivity index (χ4n) is 1.87. The van der Waals surface area contributed by atoms with E-state index in [4.69, 9.17) is 11.6 Å². The molecule has 0 aliphatic carbocycles. The summed E-state index contributed by atoms with van der Waals surface area (Å²) in [5.74, 6) is 2.42. The minimum Gasteiger partial charge on any atom is -0.353 e. The summed E-state index contributed by atoms with van der Waals surface area (Å²) in [4.78, 5) is 4.56. The number of nitrogens with zero attached hydrogens (tertiary/aromatic N) is 4. The molecule has 0 saturated heterocycles. The number of nitrogens with one attached hydrogen (secondary N) is 2. The van der Waals surface area contributed by atoms with Crippen molar-refractivity contribution < 1.29 is 0 Å². The van der Waals surface area contributed by atoms with Crippen LogP contribution in [-0.2, 0) is 20.1 Å². The molecule has 0 radical (unpaired) electrons. The molecular weight excluding hydrogens is 439 g/mol. The van der Waals surface area contributed by atoms with Crippen LogP contribution >= 0.6 is 35.6 Å². The summed E-state index contributed by atoms with van der Waals surface area (Å²) >= 11 is 5.89. The zero-order valence-corrected chi connectivity index (χ0v) is 16.9. The van der Waals surface area contributed by atoms with E-state index in [9.17, 15) is 0 Å². The first-order chi connectivity index (χ1) is 11.1. The third-order valence-corrected chi connectivity index (χ3v) is 3.60. The van der Waals surface area contributed by atoms with Crippen molar-refractivity contribution in [3.63, 3.8) is 0 Å². The van der Waals surface area contributed by atoms with Gasteiger partial charge in [0.1, 0.15) is 5.82 Å². The summed E-state index contributed by atoms with van der Waals surface area (Å²) in [6.45, 7) is 7.36. The molecule has 0 spiro atoms. The number of rotatable bonds is 6. The molecule has 0 amide bonds. The van der Waals surface area contributed by atoms with E-state index in [1.807, 2.05) is 42.8 Å². The molecule has 6 nitrogen and oxygen atoms in total. The van der Waals surface area contributed by atoms with Crippen LogP contribution in [0.3, 0.4) is 0 Å². The van der Waals surface area contributed by atoms with Gasteiger partial charge in [-0.05, 0) is 24.6 Å². The maximum absolute atomic E-state index is 5.89. The fraction of sp³-hybridized carbons (Fsp3) is 0.312. The Bertz CT molecular complexity index is 680. The zero-order chi connectivity index (χ0) is 16.7. The highest BCUT2D eigenvalue weighted by molar-refractivity contribution is 14.0. The smallest absolute Gasteiger partial charge is 0.192 e. The quantitative estimate of drug-likeness (QED) is 0.301. The van der Waals surface area contributed by atoms with Gasteiger partial charge in [0.25, 0.3) is 0 Å². The summed E-state index contributed by atoms with van der Waals surface area (Å²) in [5.41, 5.74) is 1.09. The molecule has 1 aromatic carbocycles. The Hall–Kier alpha value is -1.61. The number of hydrogen-bond acceptors (Lipinski definition) is 3. The number of aliphatic imine (C=N–C) groups is 1. The van der Waals surface area contributed by atoms with Crippen LogP contribution < -0.4 is 10.6 Å². The van der Waals surface area contributed by atoms with Crippen LogP contribution in [0.5, 0.6) is 0 Å². The Balaban J connectivity index is 0.00000288. The molecule has 0 saturated carbocycles. The molecule has 0 aliphatic rings. The Morgan fingerprint density at radius 3 is 2.58 bits per heavy atom. The highest BCUT2D eigenvalue weighted by Crippen LogP contribution is 2.10. The molecule has 0 bridgehead atoms. The first kappa shape index (κ1) is 20.4. The average Bonchev–Trinajstić information content (AvgIpc) is 2.87. The van der Waals surface area contributed by atoms with E-state index in [1.54, 1.807) is 6.08 Å². The van der Waals surface area contributed by atoms with Crippen molar-refractivity contribution in [2.24, 2.45) is 12.0 Å². The normalized spacial score (nSPS) is 10.9. The van der Waals surface area contributed by atoms with Gasteiger partial charge in [-0.1, -0.05) is 29.8 Å². The maximum atomic E-state index is 5.89. The number of hydrogen-bond donors (Lipinski definition) is 2. The van der Waals surface area contributed by atoms with Crippen molar-refractivity contribution in [2.75, 3.05) is 6.54 Å². The van der Waals surface area contributed by atoms with Gasteiger partial charge in [0.15, 0.2) is 11.8 Å². The first-order valence-electron chi connectivity index (χ1n) is 7.32. The molecule has 1 aromatic heterocycles. The summed E-state index contributed by atoms with van der Waals surface area (Å²) in [7, 11) is 1.94. The number of aryl methyl sites for hydroxylation is 1. The molecule has 1 heterocycles. The van der Waals surface area contributed by atoms with E-state index in [1.165, 1.54) is 0 Å². The molecule has 8 heteroatoms. The SMILES string of the molecule is C=CCNC(=NCc1ccc(Cl)cc1)NCc1nnc(C)n1C.I. The second kappa shape index (κ2) is 10.3. The monoisotopic (exact) mass is 460 g/mol. The van der Waals surface area contributed by atoms with E-state index in [-0.39, 0.29) is 24.0 Å². The minimum atomic E-state index is 0. The Labute approximate surface area is 164 Å². The fourth-order valence-corrected chi connectivity index (χ4v) is 2.00. The van der Waals surface area contributed by atoms with Gasteiger partial charge in [0.2, 0.25) is 0 Å². The summed E-state index contributed by atoms with van der Waals surface area (Å²) < 4.78 is 1.94. The topological polar surface area (TPSA) is 67.1 Å². The van der Waals surface area contributed by atoms with Crippen LogP contribution in [-0.4, -0.2) is 27.3 Å². The van der Waals surface area contributed by atoms with Gasteiger partial charge in [0.05, 0.1) is 13.1 Å². The molecule has 0 fully saturated rings. The lowest BCUT2D eigenvalue weighted by molar-refractivity contribution is 0.721. The Kier molecular flexibility index (Phi) is 8.77. The van der Waals surface area contributed by atoms with E-state index in [0.29, 0.717) is 25.6 Å². The second-order valence-corrected chi connectivity index (χ2v) is 5.47. The largest absolute Gasteiger partial charge is 0.353 e. The van der Waals surface area contributed by atoms with Crippen LogP contribution in [0.15, 0.2) is 41.9 Å². The van der Waals surface area contributed by atoms with E-state index in [0.717, 1.165) is 22.2 Å². The van der Waals surface area contributed by atoms with Crippen molar-refractivity contribution in [1.29, 1.82) is 0 Å². The highest BCUT2D eigenvalue weighted by Gasteiger charge is 2.05. The standard InChI is InChI=1S/C16H21ClN6.HI/c1-4-9-18-16(19-10-13-5-7-14(17)8-6-13)20-11-15-22-21-12(2)23(15)3;/h4-8H,1,9-11H2,2-3H3,(H2,18,19,20);1H. The molecule has 2 rings (SSSR count). The van der Waals surface area contributed by atoms with Gasteiger partial charge in [-0.25, -0.2) is 4.99 Å². The Morgan fingerprint density at radius 1 is 1.29 bits per heavy atom. The van der Waals surface area contributed by atoms with Gasteiger partial charge >= 0.3 is 0 Å². The molecule has 0 aliphatic heterocycles. The van der Waals surface area contributed by atoms with Crippen LogP contribution in [0.2, 0.25) is 5.02 Å². The summed E-state index contributed by atoms with van der Waals surface area (Å²) in [5, 5.41) is 15.3. The first-order valence-corrected chi connectivity index (χ1v) is 7.70. The van der Waals surface area contributed by atoms with Crippen molar-refractivity contribution in [1.82, 2.24) is 25.4 Å². The van der Waals surface area contributed by atoms with E-state index in [2.05, 4.69) is 32.4 Å². The minimum absolute atomic E-state index is 0. The summed E-state index contributed by atoms with van der Waals surface area (Å²) in [6.07, 6.45) is 1.78. The van der Waals surface area contributed by atoms with Crippen LogP contribution in [0.1, 0.15) is 17.2 Å². The van der Waals surface area contributed by atoms with E-state index < -0.39 is 0 Å². The molecule has 2 aromatic rings. The summed E-state index contributed by atoms with van der Waals surface area (Å²) in [6, 6.07) is 7.64. The molecule has 0 atom stereocenters. The van der Waals surface area contributed by atoms with Gasteiger partial charge in [-0.3, -0.25) is 0 Å². The molecule has 0 unspecified atom stereocenters. The average molecular weight is 461 g/mol. The number of benzene rings is 1. The van der Waals surface area contributed by atoms with Crippen LogP contribution in [0, 0.1) is 6.92 Å². The van der Waals surface area contributed by atoms with Crippen LogP contribution in [0.4, 0.5) is 0 Å². The molecular formula is C16H22ClIN6. The van der Waals surface area contributed by atoms with Gasteiger partial charge in [-0.15, -0.1) is 40.8 Å². The van der Waals surface area contributed by atoms with Gasteiger partial charge in [0, 0.05) is 18.6 Å². The van der Waals surface area contributed by atoms with Crippen molar-refractivity contribution >= 4 is 41.5 Å². The van der Waals surface area contributed by atoms with Gasteiger partial charge in [-0.2, -0.15) is 0 Å². The number of halogens is 2. The van der Waals surface area contributed by atoms with Crippen molar-refractivity contribution in [3.05, 3.63) is 59.2 Å². The maximum Gasteiger partial charge on any atom is 0.192 e. The second-order valence-electron chi connectivity index (χ2n) is 5.04. The third kappa shape index (κ3) is 6.12. The van der Waals surface area contributed by atoms with Crippen LogP contribution in [0.25, 0.3) is 0 Å².